The second-order valence-corrected chi connectivity index (χ2v) is 8.93. The zero-order chi connectivity index (χ0) is 20.4. The number of aromatic nitrogens is 2. The lowest BCUT2D eigenvalue weighted by atomic mass is 10.1. The number of benzene rings is 2. The van der Waals surface area contributed by atoms with Crippen molar-refractivity contribution in [1.29, 1.82) is 0 Å². The highest BCUT2D eigenvalue weighted by Crippen LogP contribution is 2.26. The van der Waals surface area contributed by atoms with Crippen molar-refractivity contribution in [3.8, 4) is 0 Å². The second kappa shape index (κ2) is 8.23. The van der Waals surface area contributed by atoms with E-state index in [9.17, 15) is 12.8 Å². The molecule has 1 aromatic heterocycles. The summed E-state index contributed by atoms with van der Waals surface area (Å²) in [7, 11) is -3.86. The Morgan fingerprint density at radius 3 is 2.79 bits per heavy atom. The van der Waals surface area contributed by atoms with E-state index in [2.05, 4.69) is 9.82 Å². The molecule has 0 saturated carbocycles. The molecule has 29 heavy (non-hydrogen) atoms. The Kier molecular flexibility index (Phi) is 5.69. The van der Waals surface area contributed by atoms with E-state index >= 15 is 0 Å². The smallest absolute Gasteiger partial charge is 0.240 e. The van der Waals surface area contributed by atoms with Gasteiger partial charge in [-0.25, -0.2) is 17.5 Å². The van der Waals surface area contributed by atoms with Crippen LogP contribution in [0.4, 0.5) is 4.39 Å². The number of halogens is 2. The van der Waals surface area contributed by atoms with E-state index in [0.29, 0.717) is 13.2 Å². The summed E-state index contributed by atoms with van der Waals surface area (Å²) in [5, 5.41) is 4.37. The normalized spacial score (nSPS) is 16.6. The molecule has 1 atom stereocenters. The summed E-state index contributed by atoms with van der Waals surface area (Å²) in [6.45, 7) is 1.13. The van der Waals surface area contributed by atoms with Gasteiger partial charge in [0.2, 0.25) is 10.0 Å². The number of nitrogens with zero attached hydrogens (tertiary/aromatic N) is 2. The predicted molar refractivity (Wildman–Crippen MR) is 107 cm³/mol. The van der Waals surface area contributed by atoms with Crippen molar-refractivity contribution in [2.75, 3.05) is 13.2 Å². The zero-order valence-corrected chi connectivity index (χ0v) is 17.0. The summed E-state index contributed by atoms with van der Waals surface area (Å²) in [6, 6.07) is 13.2. The number of rotatable bonds is 6. The monoisotopic (exact) mass is 435 g/mol. The molecule has 4 rings (SSSR count). The van der Waals surface area contributed by atoms with Gasteiger partial charge in [0.05, 0.1) is 28.8 Å². The van der Waals surface area contributed by atoms with E-state index in [-0.39, 0.29) is 16.5 Å². The first-order valence-electron chi connectivity index (χ1n) is 9.09. The molecule has 0 spiro atoms. The topological polar surface area (TPSA) is 73.2 Å². The van der Waals surface area contributed by atoms with Crippen molar-refractivity contribution in [1.82, 2.24) is 14.5 Å². The van der Waals surface area contributed by atoms with Gasteiger partial charge in [0.15, 0.2) is 0 Å². The molecule has 0 unspecified atom stereocenters. The van der Waals surface area contributed by atoms with Gasteiger partial charge >= 0.3 is 0 Å². The maximum atomic E-state index is 13.3. The number of ether oxygens (including phenoxy) is 1. The van der Waals surface area contributed by atoms with E-state index in [0.717, 1.165) is 35.4 Å². The zero-order valence-electron chi connectivity index (χ0n) is 15.4. The van der Waals surface area contributed by atoms with Crippen LogP contribution >= 0.6 is 11.6 Å². The predicted octanol–water partition coefficient (Wildman–Crippen LogP) is 3.32. The van der Waals surface area contributed by atoms with Crippen LogP contribution in [0.2, 0.25) is 5.02 Å². The molecule has 0 radical (unpaired) electrons. The van der Waals surface area contributed by atoms with Gasteiger partial charge in [-0.15, -0.1) is 0 Å². The number of sulfonamides is 1. The lowest BCUT2D eigenvalue weighted by Gasteiger charge is -2.22. The van der Waals surface area contributed by atoms with Crippen molar-refractivity contribution < 1.29 is 17.5 Å². The minimum Gasteiger partial charge on any atom is -0.370 e. The number of hydrogen-bond acceptors (Lipinski definition) is 4. The van der Waals surface area contributed by atoms with Gasteiger partial charge in [-0.2, -0.15) is 5.10 Å². The molecule has 3 aromatic rings. The van der Waals surface area contributed by atoms with Gasteiger partial charge in [0.1, 0.15) is 11.9 Å². The summed E-state index contributed by atoms with van der Waals surface area (Å²) >= 11 is 5.70. The first-order chi connectivity index (χ1) is 13.9. The molecule has 0 fully saturated rings. The average Bonchev–Trinajstić information content (AvgIpc) is 3.12. The number of hydrogen-bond donors (Lipinski definition) is 1. The van der Waals surface area contributed by atoms with Gasteiger partial charge in [0.25, 0.3) is 0 Å². The van der Waals surface area contributed by atoms with E-state index in [4.69, 9.17) is 16.3 Å². The Morgan fingerprint density at radius 1 is 1.24 bits per heavy atom. The van der Waals surface area contributed by atoms with Gasteiger partial charge in [-0.3, -0.25) is 4.68 Å². The molecule has 0 bridgehead atoms. The van der Waals surface area contributed by atoms with Gasteiger partial charge in [-0.1, -0.05) is 41.9 Å². The van der Waals surface area contributed by atoms with Crippen LogP contribution in [-0.2, 0) is 27.7 Å². The summed E-state index contributed by atoms with van der Waals surface area (Å²) in [6.07, 6.45) is 2.20. The van der Waals surface area contributed by atoms with Crippen LogP contribution in [-0.4, -0.2) is 31.3 Å². The first-order valence-corrected chi connectivity index (χ1v) is 10.9. The quantitative estimate of drug-likeness (QED) is 0.644. The van der Waals surface area contributed by atoms with Crippen LogP contribution in [0.3, 0.4) is 0 Å². The molecule has 2 aromatic carbocycles. The molecule has 1 N–H and O–H groups in total. The van der Waals surface area contributed by atoms with Crippen molar-refractivity contribution in [3.63, 3.8) is 0 Å². The third-order valence-corrected chi connectivity index (χ3v) is 6.42. The maximum absolute atomic E-state index is 13.3. The molecule has 9 heteroatoms. The highest BCUT2D eigenvalue weighted by molar-refractivity contribution is 7.89. The molecule has 6 nitrogen and oxygen atoms in total. The van der Waals surface area contributed by atoms with E-state index in [1.165, 1.54) is 6.07 Å². The highest BCUT2D eigenvalue weighted by atomic mass is 35.5. The number of nitrogens with one attached hydrogen (secondary N) is 1. The first kappa shape index (κ1) is 20.0. The second-order valence-electron chi connectivity index (χ2n) is 6.76. The van der Waals surface area contributed by atoms with E-state index in [1.54, 1.807) is 0 Å². The summed E-state index contributed by atoms with van der Waals surface area (Å²) in [5.74, 6) is -0.671. The lowest BCUT2D eigenvalue weighted by molar-refractivity contribution is 0.0430. The lowest BCUT2D eigenvalue weighted by Crippen LogP contribution is -2.32. The van der Waals surface area contributed by atoms with Crippen molar-refractivity contribution >= 4 is 21.6 Å². The third kappa shape index (κ3) is 4.51. The molecular formula is C20H19ClFN3O3S. The third-order valence-electron chi connectivity index (χ3n) is 4.71. The molecule has 0 saturated heterocycles. The number of fused-ring (bicyclic) bond motifs is 1. The van der Waals surface area contributed by atoms with Crippen molar-refractivity contribution in [2.24, 2.45) is 0 Å². The van der Waals surface area contributed by atoms with Gasteiger partial charge in [-0.05, 0) is 35.7 Å². The Morgan fingerprint density at radius 2 is 2.03 bits per heavy atom. The Hall–Kier alpha value is -2.26. The van der Waals surface area contributed by atoms with Crippen LogP contribution < -0.4 is 4.72 Å². The van der Waals surface area contributed by atoms with E-state index in [1.807, 2.05) is 41.2 Å². The maximum Gasteiger partial charge on any atom is 0.240 e. The Labute approximate surface area is 173 Å². The largest absolute Gasteiger partial charge is 0.370 e. The standard InChI is InChI=1S/C20H19ClFN3O3S/c21-17-10-16(6-7-18(17)22)29(26,27)23-11-19-20-15(8-9-28-19)13-25(24-20)12-14-4-2-1-3-5-14/h1-7,10,13,19,23H,8-9,11-12H2/t19-/m1/s1. The van der Waals surface area contributed by atoms with E-state index < -0.39 is 21.9 Å². The minimum absolute atomic E-state index is 0.0205. The Balaban J connectivity index is 1.49. The fourth-order valence-corrected chi connectivity index (χ4v) is 4.55. The SMILES string of the molecule is O=S(=O)(NC[C@H]1OCCc2cn(Cc3ccccc3)nc21)c1ccc(F)c(Cl)c1. The molecule has 1 aliphatic heterocycles. The molecular weight excluding hydrogens is 417 g/mol. The molecule has 0 aliphatic carbocycles. The average molecular weight is 436 g/mol. The fraction of sp³-hybridized carbons (Fsp3) is 0.250. The van der Waals surface area contributed by atoms with Crippen molar-refractivity contribution in [3.05, 3.63) is 82.4 Å². The van der Waals surface area contributed by atoms with Crippen LogP contribution in [0.25, 0.3) is 0 Å². The van der Waals surface area contributed by atoms with Crippen LogP contribution in [0.15, 0.2) is 59.6 Å². The minimum atomic E-state index is -3.86. The van der Waals surface area contributed by atoms with Gasteiger partial charge < -0.3 is 4.74 Å². The highest BCUT2D eigenvalue weighted by Gasteiger charge is 2.27. The molecule has 2 heterocycles. The van der Waals surface area contributed by atoms with Gasteiger partial charge in [0, 0.05) is 12.7 Å². The van der Waals surface area contributed by atoms with Crippen molar-refractivity contribution in [2.45, 2.75) is 24.0 Å². The summed E-state index contributed by atoms with van der Waals surface area (Å²) < 4.78 is 48.5. The fourth-order valence-electron chi connectivity index (χ4n) is 3.25. The van der Waals surface area contributed by atoms with Crippen LogP contribution in [0.1, 0.15) is 22.9 Å². The molecule has 152 valence electrons. The Bertz CT molecular complexity index is 1120. The summed E-state index contributed by atoms with van der Waals surface area (Å²) in [4.78, 5) is -0.102. The molecule has 0 amide bonds. The molecule has 1 aliphatic rings. The summed E-state index contributed by atoms with van der Waals surface area (Å²) in [5.41, 5.74) is 2.90. The van der Waals surface area contributed by atoms with Crippen LogP contribution in [0, 0.1) is 5.82 Å². The van der Waals surface area contributed by atoms with Crippen LogP contribution in [0.5, 0.6) is 0 Å².